The fraction of sp³-hybridized carbons (Fsp3) is 0.600. The minimum atomic E-state index is -0.328. The standard InChI is InChI=1S/C10H14O2/c1-7-5-3-4-6-9(7)10(12)8(2)11/h3-6H2,1-2H3. The Morgan fingerprint density at radius 3 is 2.25 bits per heavy atom. The molecule has 0 radical (unpaired) electrons. The van der Waals surface area contributed by atoms with Gasteiger partial charge >= 0.3 is 0 Å². The SMILES string of the molecule is CC(=O)C(=O)C1=C(C)CCCC1. The number of carbonyl (C=O) groups excluding carboxylic acids is 2. The first-order chi connectivity index (χ1) is 5.63. The van der Waals surface area contributed by atoms with Gasteiger partial charge in [-0.05, 0) is 32.6 Å². The van der Waals surface area contributed by atoms with Crippen LogP contribution in [0.5, 0.6) is 0 Å². The van der Waals surface area contributed by atoms with Crippen molar-refractivity contribution in [2.24, 2.45) is 0 Å². The van der Waals surface area contributed by atoms with Crippen molar-refractivity contribution >= 4 is 11.6 Å². The second kappa shape index (κ2) is 3.65. The molecule has 0 atom stereocenters. The molecule has 0 saturated carbocycles. The Hall–Kier alpha value is -0.920. The lowest BCUT2D eigenvalue weighted by Gasteiger charge is -2.14. The fourth-order valence-corrected chi connectivity index (χ4v) is 1.58. The van der Waals surface area contributed by atoms with Gasteiger partial charge in [-0.15, -0.1) is 0 Å². The number of carbonyl (C=O) groups is 2. The van der Waals surface area contributed by atoms with Gasteiger partial charge in [0, 0.05) is 12.5 Å². The monoisotopic (exact) mass is 166 g/mol. The van der Waals surface area contributed by atoms with Gasteiger partial charge in [-0.2, -0.15) is 0 Å². The summed E-state index contributed by atoms with van der Waals surface area (Å²) in [5, 5.41) is 0. The third-order valence-electron chi connectivity index (χ3n) is 2.34. The van der Waals surface area contributed by atoms with Gasteiger partial charge in [-0.1, -0.05) is 5.57 Å². The summed E-state index contributed by atoms with van der Waals surface area (Å²) in [5.74, 6) is -0.599. The summed E-state index contributed by atoms with van der Waals surface area (Å²) < 4.78 is 0. The molecule has 0 aromatic rings. The van der Waals surface area contributed by atoms with Crippen molar-refractivity contribution in [1.82, 2.24) is 0 Å². The summed E-state index contributed by atoms with van der Waals surface area (Å²) in [6, 6.07) is 0. The van der Waals surface area contributed by atoms with Gasteiger partial charge in [-0.25, -0.2) is 0 Å². The summed E-state index contributed by atoms with van der Waals surface area (Å²) in [4.78, 5) is 22.1. The molecule has 0 bridgehead atoms. The number of allylic oxidation sites excluding steroid dienone is 2. The largest absolute Gasteiger partial charge is 0.291 e. The van der Waals surface area contributed by atoms with E-state index in [1.807, 2.05) is 6.92 Å². The minimum Gasteiger partial charge on any atom is -0.291 e. The Balaban J connectivity index is 2.85. The highest BCUT2D eigenvalue weighted by atomic mass is 16.2. The molecule has 12 heavy (non-hydrogen) atoms. The maximum atomic E-state index is 11.3. The van der Waals surface area contributed by atoms with E-state index in [9.17, 15) is 9.59 Å². The molecule has 0 saturated heterocycles. The average molecular weight is 166 g/mol. The molecule has 0 unspecified atom stereocenters. The lowest BCUT2D eigenvalue weighted by atomic mass is 9.89. The molecule has 2 heteroatoms. The minimum absolute atomic E-state index is 0.271. The van der Waals surface area contributed by atoms with E-state index in [-0.39, 0.29) is 11.6 Å². The summed E-state index contributed by atoms with van der Waals surface area (Å²) in [6.07, 6.45) is 3.98. The zero-order chi connectivity index (χ0) is 9.14. The second-order valence-electron chi connectivity index (χ2n) is 3.35. The second-order valence-corrected chi connectivity index (χ2v) is 3.35. The van der Waals surface area contributed by atoms with Gasteiger partial charge in [0.25, 0.3) is 0 Å². The highest BCUT2D eigenvalue weighted by molar-refractivity contribution is 6.42. The summed E-state index contributed by atoms with van der Waals surface area (Å²) in [6.45, 7) is 3.30. The highest BCUT2D eigenvalue weighted by Crippen LogP contribution is 2.24. The Kier molecular flexibility index (Phi) is 2.79. The molecule has 0 aromatic heterocycles. The van der Waals surface area contributed by atoms with E-state index in [0.29, 0.717) is 0 Å². The van der Waals surface area contributed by atoms with E-state index in [1.54, 1.807) is 0 Å². The smallest absolute Gasteiger partial charge is 0.224 e. The first-order valence-electron chi connectivity index (χ1n) is 4.37. The van der Waals surface area contributed by atoms with Gasteiger partial charge in [-0.3, -0.25) is 9.59 Å². The van der Waals surface area contributed by atoms with Crippen LogP contribution in [-0.4, -0.2) is 11.6 Å². The lowest BCUT2D eigenvalue weighted by molar-refractivity contribution is -0.133. The van der Waals surface area contributed by atoms with Gasteiger partial charge < -0.3 is 0 Å². The molecular weight excluding hydrogens is 152 g/mol. The van der Waals surface area contributed by atoms with E-state index < -0.39 is 0 Å². The quantitative estimate of drug-likeness (QED) is 0.588. The Bertz CT molecular complexity index is 246. The molecule has 0 spiro atoms. The molecule has 1 aliphatic carbocycles. The summed E-state index contributed by atoms with van der Waals surface area (Å²) in [7, 11) is 0. The van der Waals surface area contributed by atoms with Crippen LogP contribution < -0.4 is 0 Å². The van der Waals surface area contributed by atoms with Crippen LogP contribution in [-0.2, 0) is 9.59 Å². The van der Waals surface area contributed by atoms with Crippen LogP contribution in [0, 0.1) is 0 Å². The molecule has 0 N–H and O–H groups in total. The normalized spacial score (nSPS) is 17.8. The Labute approximate surface area is 72.7 Å². The van der Waals surface area contributed by atoms with Crippen LogP contribution >= 0.6 is 0 Å². The van der Waals surface area contributed by atoms with E-state index in [0.717, 1.165) is 36.8 Å². The predicted molar refractivity (Wildman–Crippen MR) is 46.9 cm³/mol. The molecule has 0 amide bonds. The number of hydrogen-bond acceptors (Lipinski definition) is 2. The average Bonchev–Trinajstić information content (AvgIpc) is 2.04. The van der Waals surface area contributed by atoms with Crippen LogP contribution in [0.1, 0.15) is 39.5 Å². The first-order valence-corrected chi connectivity index (χ1v) is 4.37. The molecule has 0 fully saturated rings. The molecule has 1 rings (SSSR count). The third kappa shape index (κ3) is 1.81. The number of rotatable bonds is 2. The van der Waals surface area contributed by atoms with Gasteiger partial charge in [0.15, 0.2) is 5.78 Å². The van der Waals surface area contributed by atoms with Crippen LogP contribution in [0.2, 0.25) is 0 Å². The molecule has 66 valence electrons. The summed E-state index contributed by atoms with van der Waals surface area (Å²) >= 11 is 0. The van der Waals surface area contributed by atoms with Crippen molar-refractivity contribution in [3.8, 4) is 0 Å². The Morgan fingerprint density at radius 1 is 1.17 bits per heavy atom. The number of hydrogen-bond donors (Lipinski definition) is 0. The molecule has 0 heterocycles. The molecule has 1 aliphatic rings. The zero-order valence-corrected chi connectivity index (χ0v) is 7.64. The van der Waals surface area contributed by atoms with Crippen LogP contribution in [0.4, 0.5) is 0 Å². The zero-order valence-electron chi connectivity index (χ0n) is 7.64. The van der Waals surface area contributed by atoms with Gasteiger partial charge in [0.1, 0.15) is 0 Å². The highest BCUT2D eigenvalue weighted by Gasteiger charge is 2.19. The lowest BCUT2D eigenvalue weighted by Crippen LogP contribution is -2.16. The maximum Gasteiger partial charge on any atom is 0.224 e. The van der Waals surface area contributed by atoms with Crippen LogP contribution in [0.15, 0.2) is 11.1 Å². The third-order valence-corrected chi connectivity index (χ3v) is 2.34. The number of Topliss-reactive ketones (excluding diaryl/α,β-unsaturated/α-hetero) is 2. The molecule has 0 aliphatic heterocycles. The predicted octanol–water partition coefficient (Wildman–Crippen LogP) is 2.04. The molecule has 2 nitrogen and oxygen atoms in total. The van der Waals surface area contributed by atoms with Crippen molar-refractivity contribution in [3.63, 3.8) is 0 Å². The first kappa shape index (κ1) is 9.17. The van der Waals surface area contributed by atoms with Crippen molar-refractivity contribution < 1.29 is 9.59 Å². The van der Waals surface area contributed by atoms with E-state index in [1.165, 1.54) is 6.92 Å². The Morgan fingerprint density at radius 2 is 1.75 bits per heavy atom. The van der Waals surface area contributed by atoms with Gasteiger partial charge in [0.05, 0.1) is 0 Å². The topological polar surface area (TPSA) is 34.1 Å². The van der Waals surface area contributed by atoms with Crippen molar-refractivity contribution in [2.45, 2.75) is 39.5 Å². The van der Waals surface area contributed by atoms with Crippen molar-refractivity contribution in [3.05, 3.63) is 11.1 Å². The maximum absolute atomic E-state index is 11.3. The molecular formula is C10H14O2. The van der Waals surface area contributed by atoms with Crippen molar-refractivity contribution in [2.75, 3.05) is 0 Å². The van der Waals surface area contributed by atoms with Gasteiger partial charge in [0.2, 0.25) is 5.78 Å². The van der Waals surface area contributed by atoms with E-state index in [2.05, 4.69) is 0 Å². The number of ketones is 2. The van der Waals surface area contributed by atoms with Crippen LogP contribution in [0.3, 0.4) is 0 Å². The van der Waals surface area contributed by atoms with E-state index >= 15 is 0 Å². The molecule has 0 aromatic carbocycles. The summed E-state index contributed by atoms with van der Waals surface area (Å²) in [5.41, 5.74) is 1.88. The fourth-order valence-electron chi connectivity index (χ4n) is 1.58. The van der Waals surface area contributed by atoms with Crippen LogP contribution in [0.25, 0.3) is 0 Å². The van der Waals surface area contributed by atoms with E-state index in [4.69, 9.17) is 0 Å². The van der Waals surface area contributed by atoms with Crippen molar-refractivity contribution in [1.29, 1.82) is 0 Å².